The summed E-state index contributed by atoms with van der Waals surface area (Å²) in [6.45, 7) is 0.00237. The molecule has 142 valence electrons. The van der Waals surface area contributed by atoms with Gasteiger partial charge >= 0.3 is 0 Å². The summed E-state index contributed by atoms with van der Waals surface area (Å²) in [5.41, 5.74) is 8.74. The Morgan fingerprint density at radius 1 is 0.966 bits per heavy atom. The van der Waals surface area contributed by atoms with Crippen LogP contribution in [-0.2, 0) is 6.61 Å². The van der Waals surface area contributed by atoms with Crippen molar-refractivity contribution in [1.82, 2.24) is 19.9 Å². The van der Waals surface area contributed by atoms with Gasteiger partial charge in [0.1, 0.15) is 16.2 Å². The van der Waals surface area contributed by atoms with Crippen LogP contribution in [0.15, 0.2) is 70.6 Å². The van der Waals surface area contributed by atoms with Crippen LogP contribution in [0.1, 0.15) is 5.56 Å². The molecule has 0 radical (unpaired) electrons. The zero-order valence-corrected chi connectivity index (χ0v) is 16.7. The lowest BCUT2D eigenvalue weighted by Crippen LogP contribution is -1.98. The Kier molecular flexibility index (Phi) is 4.59. The Labute approximate surface area is 174 Å². The highest BCUT2D eigenvalue weighted by molar-refractivity contribution is 7.99. The molecular weight excluding hydrogens is 402 g/mol. The third-order valence-corrected chi connectivity index (χ3v) is 6.51. The van der Waals surface area contributed by atoms with Gasteiger partial charge in [0.2, 0.25) is 0 Å². The quantitative estimate of drug-likeness (QED) is 0.443. The number of hydrogen-bond acceptors (Lipinski definition) is 8. The Hall–Kier alpha value is -3.07. The van der Waals surface area contributed by atoms with Gasteiger partial charge in [0.05, 0.1) is 12.1 Å². The molecule has 0 unspecified atom stereocenters. The molecule has 6 nitrogen and oxygen atoms in total. The summed E-state index contributed by atoms with van der Waals surface area (Å²) in [4.78, 5) is 20.9. The van der Waals surface area contributed by atoms with E-state index in [1.807, 2.05) is 54.6 Å². The van der Waals surface area contributed by atoms with E-state index in [1.54, 1.807) is 18.0 Å². The minimum Gasteiger partial charge on any atom is -0.392 e. The molecule has 0 atom stereocenters. The first kappa shape index (κ1) is 18.0. The topological polar surface area (TPSA) is 97.8 Å². The van der Waals surface area contributed by atoms with E-state index in [9.17, 15) is 5.11 Å². The van der Waals surface area contributed by atoms with Gasteiger partial charge in [-0.15, -0.1) is 0 Å². The second-order valence-electron chi connectivity index (χ2n) is 6.33. The van der Waals surface area contributed by atoms with Crippen LogP contribution < -0.4 is 5.73 Å². The summed E-state index contributed by atoms with van der Waals surface area (Å²) in [7, 11) is 0. The van der Waals surface area contributed by atoms with E-state index in [0.717, 1.165) is 36.6 Å². The fraction of sp³-hybridized carbons (Fsp3) is 0.0476. The molecule has 0 aliphatic carbocycles. The third-order valence-electron chi connectivity index (χ3n) is 4.43. The summed E-state index contributed by atoms with van der Waals surface area (Å²) in [5.74, 6) is 0.916. The smallest absolute Gasteiger partial charge is 0.191 e. The Morgan fingerprint density at radius 3 is 2.72 bits per heavy atom. The molecule has 2 aromatic carbocycles. The average molecular weight is 418 g/mol. The van der Waals surface area contributed by atoms with Crippen LogP contribution in [0.3, 0.4) is 0 Å². The van der Waals surface area contributed by atoms with Crippen molar-refractivity contribution in [2.45, 2.75) is 16.4 Å². The fourth-order valence-corrected chi connectivity index (χ4v) is 4.84. The number of fused-ring (bicyclic) bond motifs is 2. The van der Waals surface area contributed by atoms with Crippen molar-refractivity contribution in [3.05, 3.63) is 66.4 Å². The van der Waals surface area contributed by atoms with Crippen LogP contribution in [0.5, 0.6) is 0 Å². The van der Waals surface area contributed by atoms with Gasteiger partial charge in [0.15, 0.2) is 10.8 Å². The molecule has 0 amide bonds. The molecule has 0 saturated carbocycles. The lowest BCUT2D eigenvalue weighted by molar-refractivity contribution is 0.279. The number of thiazole rings is 1. The van der Waals surface area contributed by atoms with E-state index >= 15 is 0 Å². The number of aromatic nitrogens is 4. The summed E-state index contributed by atoms with van der Waals surface area (Å²) in [5, 5.41) is 11.0. The van der Waals surface area contributed by atoms with Crippen LogP contribution >= 0.6 is 23.1 Å². The van der Waals surface area contributed by atoms with Crippen molar-refractivity contribution in [2.75, 3.05) is 5.73 Å². The third kappa shape index (κ3) is 3.42. The Balaban J connectivity index is 1.54. The largest absolute Gasteiger partial charge is 0.392 e. The number of benzene rings is 2. The maximum Gasteiger partial charge on any atom is 0.191 e. The SMILES string of the molecule is Nc1nc(-c2nc3cccnc3s2)nc2ccc(Sc3ccccc3CO)cc12. The van der Waals surface area contributed by atoms with Crippen molar-refractivity contribution < 1.29 is 5.11 Å². The van der Waals surface area contributed by atoms with Crippen molar-refractivity contribution in [3.63, 3.8) is 0 Å². The molecule has 0 saturated heterocycles. The van der Waals surface area contributed by atoms with Gasteiger partial charge in [-0.05, 0) is 42.0 Å². The van der Waals surface area contributed by atoms with E-state index < -0.39 is 0 Å². The molecule has 8 heteroatoms. The van der Waals surface area contributed by atoms with Gasteiger partial charge in [-0.2, -0.15) is 0 Å². The monoisotopic (exact) mass is 417 g/mol. The maximum atomic E-state index is 9.54. The fourth-order valence-electron chi connectivity index (χ4n) is 3.02. The van der Waals surface area contributed by atoms with E-state index in [0.29, 0.717) is 16.6 Å². The highest BCUT2D eigenvalue weighted by atomic mass is 32.2. The summed E-state index contributed by atoms with van der Waals surface area (Å²) < 4.78 is 0. The molecule has 5 rings (SSSR count). The lowest BCUT2D eigenvalue weighted by atomic mass is 10.2. The first-order chi connectivity index (χ1) is 14.2. The molecule has 3 aromatic heterocycles. The van der Waals surface area contributed by atoms with E-state index in [2.05, 4.69) is 19.9 Å². The van der Waals surface area contributed by atoms with E-state index in [-0.39, 0.29) is 6.61 Å². The number of nitrogens with two attached hydrogens (primary N) is 1. The molecule has 0 aliphatic heterocycles. The first-order valence-corrected chi connectivity index (χ1v) is 10.5. The van der Waals surface area contributed by atoms with Gasteiger partial charge in [0.25, 0.3) is 0 Å². The predicted octanol–water partition coefficient (Wildman–Crippen LogP) is 4.53. The van der Waals surface area contributed by atoms with E-state index in [4.69, 9.17) is 5.73 Å². The number of anilines is 1. The molecule has 0 aliphatic rings. The molecule has 0 fully saturated rings. The second-order valence-corrected chi connectivity index (χ2v) is 8.42. The van der Waals surface area contributed by atoms with Gasteiger partial charge in [-0.1, -0.05) is 41.3 Å². The minimum absolute atomic E-state index is 0.00237. The van der Waals surface area contributed by atoms with Crippen molar-refractivity contribution in [2.24, 2.45) is 0 Å². The average Bonchev–Trinajstić information content (AvgIpc) is 3.19. The summed E-state index contributed by atoms with van der Waals surface area (Å²) >= 11 is 3.02. The van der Waals surface area contributed by atoms with Gasteiger partial charge in [-0.3, -0.25) is 0 Å². The number of pyridine rings is 1. The maximum absolute atomic E-state index is 9.54. The summed E-state index contributed by atoms with van der Waals surface area (Å²) in [6, 6.07) is 17.5. The molecule has 3 heterocycles. The summed E-state index contributed by atoms with van der Waals surface area (Å²) in [6.07, 6.45) is 1.74. The molecule has 5 aromatic rings. The molecule has 0 spiro atoms. The number of aliphatic hydroxyl groups is 1. The number of nitrogens with zero attached hydrogens (tertiary/aromatic N) is 4. The van der Waals surface area contributed by atoms with Crippen LogP contribution in [0.25, 0.3) is 32.1 Å². The highest BCUT2D eigenvalue weighted by Crippen LogP contribution is 2.34. The highest BCUT2D eigenvalue weighted by Gasteiger charge is 2.13. The number of rotatable bonds is 4. The van der Waals surface area contributed by atoms with Crippen molar-refractivity contribution >= 4 is 50.2 Å². The standard InChI is InChI=1S/C21H15N5OS2/c22-18-14-10-13(28-17-6-2-1-4-12(17)11-27)7-8-15(14)24-19(26-18)21-25-16-5-3-9-23-20(16)29-21/h1-10,27H,11H2,(H2,22,24,26). The van der Waals surface area contributed by atoms with Gasteiger partial charge < -0.3 is 10.8 Å². The molecule has 3 N–H and O–H groups in total. The number of aliphatic hydroxyl groups excluding tert-OH is 1. The van der Waals surface area contributed by atoms with Crippen LogP contribution in [-0.4, -0.2) is 25.0 Å². The predicted molar refractivity (Wildman–Crippen MR) is 117 cm³/mol. The van der Waals surface area contributed by atoms with Gasteiger partial charge in [0, 0.05) is 21.4 Å². The second kappa shape index (κ2) is 7.40. The first-order valence-electron chi connectivity index (χ1n) is 8.87. The normalized spacial score (nSPS) is 11.3. The zero-order valence-electron chi connectivity index (χ0n) is 15.1. The van der Waals surface area contributed by atoms with Crippen LogP contribution in [0, 0.1) is 0 Å². The van der Waals surface area contributed by atoms with Crippen molar-refractivity contribution in [1.29, 1.82) is 0 Å². The van der Waals surface area contributed by atoms with Crippen LogP contribution in [0.2, 0.25) is 0 Å². The molecular formula is C21H15N5OS2. The van der Waals surface area contributed by atoms with E-state index in [1.165, 1.54) is 11.3 Å². The Morgan fingerprint density at radius 2 is 1.86 bits per heavy atom. The van der Waals surface area contributed by atoms with Gasteiger partial charge in [-0.25, -0.2) is 19.9 Å². The number of hydrogen-bond donors (Lipinski definition) is 2. The van der Waals surface area contributed by atoms with Crippen LogP contribution in [0.4, 0.5) is 5.82 Å². The Bertz CT molecular complexity index is 1320. The lowest BCUT2D eigenvalue weighted by Gasteiger charge is -2.09. The molecule has 0 bridgehead atoms. The number of nitrogen functional groups attached to an aromatic ring is 1. The van der Waals surface area contributed by atoms with Crippen molar-refractivity contribution in [3.8, 4) is 10.8 Å². The molecule has 29 heavy (non-hydrogen) atoms. The minimum atomic E-state index is 0.00237. The zero-order chi connectivity index (χ0) is 19.8.